The molecular weight excluding hydrogens is 380 g/mol. The van der Waals surface area contributed by atoms with Gasteiger partial charge in [0.05, 0.1) is 5.69 Å². The number of tetrazole rings is 1. The van der Waals surface area contributed by atoms with E-state index in [1.165, 1.54) is 11.0 Å². The monoisotopic (exact) mass is 388 g/mol. The van der Waals surface area contributed by atoms with Crippen LogP contribution in [0.1, 0.15) is 5.89 Å². The molecule has 0 bridgehead atoms. The Bertz CT molecular complexity index is 949. The van der Waals surface area contributed by atoms with Crippen LogP contribution < -0.4 is 4.74 Å². The van der Waals surface area contributed by atoms with Gasteiger partial charge >= 0.3 is 0 Å². The van der Waals surface area contributed by atoms with Crippen LogP contribution in [0.3, 0.4) is 0 Å². The quantitative estimate of drug-likeness (QED) is 0.513. The van der Waals surface area contributed by atoms with E-state index >= 15 is 0 Å². The Morgan fingerprint density at radius 2 is 2.08 bits per heavy atom. The normalized spacial score (nSPS) is 10.9. The molecule has 0 aliphatic heterocycles. The molecule has 0 fully saturated rings. The topological polar surface area (TPSA) is 105 Å². The van der Waals surface area contributed by atoms with Gasteiger partial charge < -0.3 is 13.6 Å². The first-order chi connectivity index (χ1) is 11.8. The van der Waals surface area contributed by atoms with E-state index < -0.39 is 0 Å². The summed E-state index contributed by atoms with van der Waals surface area (Å²) >= 11 is 3.22. The molecular formula is C14H9BrN6O3. The fourth-order valence-electron chi connectivity index (χ4n) is 1.98. The van der Waals surface area contributed by atoms with Crippen molar-refractivity contribution in [2.75, 3.05) is 0 Å². The molecule has 0 atom stereocenters. The maximum atomic E-state index is 5.67. The zero-order chi connectivity index (χ0) is 16.4. The number of furan rings is 1. The zero-order valence-corrected chi connectivity index (χ0v) is 13.6. The van der Waals surface area contributed by atoms with Crippen LogP contribution in [0.4, 0.5) is 0 Å². The fraction of sp³-hybridized carbons (Fsp3) is 0.0714. The zero-order valence-electron chi connectivity index (χ0n) is 12.0. The van der Waals surface area contributed by atoms with E-state index in [1.54, 1.807) is 18.2 Å². The summed E-state index contributed by atoms with van der Waals surface area (Å²) in [4.78, 5) is 0. The highest BCUT2D eigenvalue weighted by Crippen LogP contribution is 2.24. The minimum Gasteiger partial charge on any atom is -0.484 e. The highest BCUT2D eigenvalue weighted by molar-refractivity contribution is 9.10. The molecule has 3 heterocycles. The lowest BCUT2D eigenvalue weighted by Crippen LogP contribution is -1.98. The second-order valence-electron chi connectivity index (χ2n) is 4.65. The summed E-state index contributed by atoms with van der Waals surface area (Å²) in [5, 5.41) is 18.9. The Morgan fingerprint density at radius 1 is 1.12 bits per heavy atom. The Kier molecular flexibility index (Phi) is 3.79. The molecule has 10 heteroatoms. The van der Waals surface area contributed by atoms with Crippen LogP contribution in [0, 0.1) is 0 Å². The third kappa shape index (κ3) is 3.04. The molecule has 0 saturated heterocycles. The molecule has 0 aliphatic rings. The lowest BCUT2D eigenvalue weighted by atomic mass is 10.3. The lowest BCUT2D eigenvalue weighted by Gasteiger charge is -2.05. The summed E-state index contributed by atoms with van der Waals surface area (Å²) in [6.45, 7) is 0.133. The van der Waals surface area contributed by atoms with Gasteiger partial charge in [-0.05, 0) is 50.6 Å². The average Bonchev–Trinajstić information content (AvgIpc) is 3.34. The molecule has 0 spiro atoms. The van der Waals surface area contributed by atoms with Gasteiger partial charge in [0, 0.05) is 6.07 Å². The number of hydrogen-bond acceptors (Lipinski definition) is 8. The second kappa shape index (κ2) is 6.24. The lowest BCUT2D eigenvalue weighted by molar-refractivity contribution is 0.263. The molecule has 4 aromatic rings. The molecule has 120 valence electrons. The molecule has 0 amide bonds. The standard InChI is InChI=1S/C14H9BrN6O3/c15-12-5-4-11(23-12)14-18-17-13(24-14)7-22-10-3-1-2-9(6-10)21-8-16-19-20-21/h1-6,8H,7H2. The van der Waals surface area contributed by atoms with Crippen molar-refractivity contribution in [2.45, 2.75) is 6.61 Å². The predicted octanol–water partition coefficient (Wildman–Crippen LogP) is 2.65. The Labute approximate surface area is 143 Å². The maximum absolute atomic E-state index is 5.67. The van der Waals surface area contributed by atoms with Gasteiger partial charge in [-0.15, -0.1) is 15.3 Å². The van der Waals surface area contributed by atoms with Crippen LogP contribution in [0.2, 0.25) is 0 Å². The van der Waals surface area contributed by atoms with Crippen LogP contribution in [0.5, 0.6) is 5.75 Å². The Hall–Kier alpha value is -3.01. The smallest absolute Gasteiger partial charge is 0.283 e. The summed E-state index contributed by atoms with van der Waals surface area (Å²) in [5.74, 6) is 1.75. The highest BCUT2D eigenvalue weighted by Gasteiger charge is 2.12. The van der Waals surface area contributed by atoms with Crippen LogP contribution in [0.15, 0.2) is 56.2 Å². The van der Waals surface area contributed by atoms with E-state index in [0.29, 0.717) is 28.0 Å². The summed E-state index contributed by atoms with van der Waals surface area (Å²) in [7, 11) is 0. The van der Waals surface area contributed by atoms with E-state index in [4.69, 9.17) is 13.6 Å². The van der Waals surface area contributed by atoms with Gasteiger partial charge in [0.1, 0.15) is 12.1 Å². The second-order valence-corrected chi connectivity index (χ2v) is 5.43. The van der Waals surface area contributed by atoms with E-state index in [1.807, 2.05) is 18.2 Å². The van der Waals surface area contributed by atoms with Crippen molar-refractivity contribution in [2.24, 2.45) is 0 Å². The first-order valence-corrected chi connectivity index (χ1v) is 7.61. The van der Waals surface area contributed by atoms with E-state index in [2.05, 4.69) is 41.7 Å². The molecule has 9 nitrogen and oxygen atoms in total. The average molecular weight is 389 g/mol. The molecule has 0 unspecified atom stereocenters. The van der Waals surface area contributed by atoms with Gasteiger partial charge in [-0.1, -0.05) is 6.07 Å². The minimum atomic E-state index is 0.133. The van der Waals surface area contributed by atoms with Crippen molar-refractivity contribution >= 4 is 15.9 Å². The van der Waals surface area contributed by atoms with Gasteiger partial charge in [-0.25, -0.2) is 4.68 Å². The predicted molar refractivity (Wildman–Crippen MR) is 83.2 cm³/mol. The summed E-state index contributed by atoms with van der Waals surface area (Å²) < 4.78 is 18.7. The molecule has 0 aliphatic carbocycles. The molecule has 24 heavy (non-hydrogen) atoms. The van der Waals surface area contributed by atoms with Crippen LogP contribution in [-0.2, 0) is 6.61 Å². The number of aromatic nitrogens is 6. The Morgan fingerprint density at radius 3 is 2.88 bits per heavy atom. The van der Waals surface area contributed by atoms with Gasteiger partial charge in [0.15, 0.2) is 17.0 Å². The fourth-order valence-corrected chi connectivity index (χ4v) is 2.29. The van der Waals surface area contributed by atoms with E-state index in [9.17, 15) is 0 Å². The first kappa shape index (κ1) is 14.6. The van der Waals surface area contributed by atoms with Crippen molar-refractivity contribution < 1.29 is 13.6 Å². The van der Waals surface area contributed by atoms with Crippen LogP contribution >= 0.6 is 15.9 Å². The van der Waals surface area contributed by atoms with Crippen LogP contribution in [0.25, 0.3) is 17.3 Å². The van der Waals surface area contributed by atoms with Gasteiger partial charge in [-0.2, -0.15) is 0 Å². The Balaban J connectivity index is 1.46. The highest BCUT2D eigenvalue weighted by atomic mass is 79.9. The summed E-state index contributed by atoms with van der Waals surface area (Å²) in [5.41, 5.74) is 0.782. The third-order valence-electron chi connectivity index (χ3n) is 3.04. The van der Waals surface area contributed by atoms with Crippen molar-refractivity contribution in [3.05, 3.63) is 53.3 Å². The molecule has 1 aromatic carbocycles. The largest absolute Gasteiger partial charge is 0.484 e. The van der Waals surface area contributed by atoms with Gasteiger partial charge in [-0.3, -0.25) is 0 Å². The van der Waals surface area contributed by atoms with Crippen molar-refractivity contribution in [1.82, 2.24) is 30.4 Å². The molecule has 0 saturated carbocycles. The van der Waals surface area contributed by atoms with Gasteiger partial charge in [0.2, 0.25) is 0 Å². The van der Waals surface area contributed by atoms with Gasteiger partial charge in [0.25, 0.3) is 11.8 Å². The van der Waals surface area contributed by atoms with Crippen molar-refractivity contribution in [3.63, 3.8) is 0 Å². The van der Waals surface area contributed by atoms with Crippen LogP contribution in [-0.4, -0.2) is 30.4 Å². The first-order valence-electron chi connectivity index (χ1n) is 6.82. The molecule has 3 aromatic heterocycles. The molecule has 0 radical (unpaired) electrons. The number of hydrogen-bond donors (Lipinski definition) is 0. The number of rotatable bonds is 5. The number of halogens is 1. The van der Waals surface area contributed by atoms with Crippen molar-refractivity contribution in [1.29, 1.82) is 0 Å². The number of nitrogens with zero attached hydrogens (tertiary/aromatic N) is 6. The van der Waals surface area contributed by atoms with Crippen molar-refractivity contribution in [3.8, 4) is 23.1 Å². The molecule has 0 N–H and O–H groups in total. The maximum Gasteiger partial charge on any atom is 0.283 e. The third-order valence-corrected chi connectivity index (χ3v) is 3.47. The number of benzene rings is 1. The minimum absolute atomic E-state index is 0.133. The summed E-state index contributed by atoms with van der Waals surface area (Å²) in [6, 6.07) is 10.8. The molecule has 4 rings (SSSR count). The SMILES string of the molecule is Brc1ccc(-c2nnc(COc3cccc(-n4cnnn4)c3)o2)o1. The number of ether oxygens (including phenoxy) is 1. The summed E-state index contributed by atoms with van der Waals surface area (Å²) in [6.07, 6.45) is 1.50. The van der Waals surface area contributed by atoms with E-state index in [0.717, 1.165) is 5.69 Å². The van der Waals surface area contributed by atoms with E-state index in [-0.39, 0.29) is 6.61 Å².